The van der Waals surface area contributed by atoms with Crippen molar-refractivity contribution < 1.29 is 23.1 Å². The Hall–Kier alpha value is -2.09. The summed E-state index contributed by atoms with van der Waals surface area (Å²) in [5, 5.41) is 9.27. The van der Waals surface area contributed by atoms with Crippen molar-refractivity contribution in [1.82, 2.24) is 4.72 Å². The fraction of sp³-hybridized carbons (Fsp3) is 0.556. The van der Waals surface area contributed by atoms with Crippen LogP contribution in [0.1, 0.15) is 60.7 Å². The molecule has 7 nitrogen and oxygen atoms in total. The number of hydrogen-bond donors (Lipinski definition) is 2. The molecule has 0 bridgehead atoms. The molecule has 0 atom stereocenters. The molecule has 1 aromatic rings. The molecule has 3 rings (SSSR count). The lowest BCUT2D eigenvalue weighted by Crippen LogP contribution is -2.39. The summed E-state index contributed by atoms with van der Waals surface area (Å²) < 4.78 is 26.0. The summed E-state index contributed by atoms with van der Waals surface area (Å²) in [4.78, 5) is 26.0. The first-order valence-corrected chi connectivity index (χ1v) is 10.1. The van der Waals surface area contributed by atoms with E-state index in [0.717, 1.165) is 6.42 Å². The van der Waals surface area contributed by atoms with Crippen LogP contribution >= 0.6 is 0 Å². The predicted molar refractivity (Wildman–Crippen MR) is 98.0 cm³/mol. The molecule has 1 aliphatic carbocycles. The summed E-state index contributed by atoms with van der Waals surface area (Å²) in [5.41, 5.74) is 0.753. The number of carbonyl (C=O) groups is 2. The van der Waals surface area contributed by atoms with E-state index in [2.05, 4.69) is 18.6 Å². The maximum atomic E-state index is 12.7. The van der Waals surface area contributed by atoms with Gasteiger partial charge in [-0.3, -0.25) is 4.79 Å². The average Bonchev–Trinajstić information content (AvgIpc) is 3.20. The number of carbonyl (C=O) groups excluding carboxylic acids is 1. The maximum Gasteiger partial charge on any atom is 0.335 e. The Morgan fingerprint density at radius 3 is 2.31 bits per heavy atom. The maximum absolute atomic E-state index is 12.7. The van der Waals surface area contributed by atoms with E-state index >= 15 is 0 Å². The van der Waals surface area contributed by atoms with Gasteiger partial charge in [0.25, 0.3) is 5.91 Å². The molecule has 1 amide bonds. The Morgan fingerprint density at radius 1 is 1.15 bits per heavy atom. The molecular weight excluding hydrogens is 356 g/mol. The van der Waals surface area contributed by atoms with Crippen LogP contribution in [0.25, 0.3) is 0 Å². The fourth-order valence-electron chi connectivity index (χ4n) is 3.18. The minimum absolute atomic E-state index is 0.0422. The van der Waals surface area contributed by atoms with Crippen molar-refractivity contribution in [2.45, 2.75) is 44.8 Å². The summed E-state index contributed by atoms with van der Waals surface area (Å²) in [7, 11) is -3.76. The molecular formula is C18H24N2O5S. The molecule has 0 spiro atoms. The van der Waals surface area contributed by atoms with Crippen LogP contribution in [0.5, 0.6) is 0 Å². The van der Waals surface area contributed by atoms with Crippen molar-refractivity contribution in [3.05, 3.63) is 29.3 Å². The minimum atomic E-state index is -3.76. The highest BCUT2D eigenvalue weighted by Crippen LogP contribution is 2.42. The Balaban J connectivity index is 1.95. The highest BCUT2D eigenvalue weighted by atomic mass is 32.2. The second-order valence-corrected chi connectivity index (χ2v) is 10.5. The van der Waals surface area contributed by atoms with Crippen LogP contribution in [-0.4, -0.2) is 43.2 Å². The van der Waals surface area contributed by atoms with Crippen LogP contribution < -0.4 is 9.62 Å². The molecule has 8 heteroatoms. The molecule has 2 N–H and O–H groups in total. The van der Waals surface area contributed by atoms with Crippen molar-refractivity contribution in [3.63, 3.8) is 0 Å². The monoisotopic (exact) mass is 380 g/mol. The van der Waals surface area contributed by atoms with E-state index in [1.807, 2.05) is 4.90 Å². The highest BCUT2D eigenvalue weighted by Gasteiger charge is 2.51. The lowest BCUT2D eigenvalue weighted by molar-refractivity contribution is 0.0696. The van der Waals surface area contributed by atoms with Crippen LogP contribution in [-0.2, 0) is 10.0 Å². The normalized spacial score (nSPS) is 20.7. The van der Waals surface area contributed by atoms with Crippen LogP contribution in [0.4, 0.5) is 5.69 Å². The van der Waals surface area contributed by atoms with Gasteiger partial charge >= 0.3 is 5.97 Å². The minimum Gasteiger partial charge on any atom is -0.478 e. The quantitative estimate of drug-likeness (QED) is 0.812. The Morgan fingerprint density at radius 2 is 1.81 bits per heavy atom. The van der Waals surface area contributed by atoms with Gasteiger partial charge in [-0.25, -0.2) is 17.9 Å². The Bertz CT molecular complexity index is 872. The SMILES string of the molecule is CC1(C)CCN(c2cc(C(=O)O)ccc2C(=O)NS(=O)(=O)C2(C)CC2)C1. The first kappa shape index (κ1) is 18.7. The summed E-state index contributed by atoms with van der Waals surface area (Å²) >= 11 is 0. The number of benzene rings is 1. The van der Waals surface area contributed by atoms with E-state index in [0.29, 0.717) is 31.6 Å². The largest absolute Gasteiger partial charge is 0.478 e. The number of carboxylic acid groups (broad SMARTS) is 1. The second-order valence-electron chi connectivity index (χ2n) is 8.26. The number of anilines is 1. The Labute approximate surface area is 153 Å². The van der Waals surface area contributed by atoms with E-state index < -0.39 is 26.6 Å². The van der Waals surface area contributed by atoms with E-state index in [1.165, 1.54) is 18.2 Å². The van der Waals surface area contributed by atoms with Crippen LogP contribution in [0, 0.1) is 5.41 Å². The van der Waals surface area contributed by atoms with Crippen LogP contribution in [0.3, 0.4) is 0 Å². The highest BCUT2D eigenvalue weighted by molar-refractivity contribution is 7.91. The third kappa shape index (κ3) is 3.42. The van der Waals surface area contributed by atoms with E-state index in [-0.39, 0.29) is 16.5 Å². The van der Waals surface area contributed by atoms with Gasteiger partial charge in [0.2, 0.25) is 10.0 Å². The van der Waals surface area contributed by atoms with E-state index in [9.17, 15) is 23.1 Å². The van der Waals surface area contributed by atoms with Gasteiger partial charge in [-0.05, 0) is 49.8 Å². The summed E-state index contributed by atoms with van der Waals surface area (Å²) in [6.45, 7) is 7.17. The molecule has 1 aliphatic heterocycles. The van der Waals surface area contributed by atoms with Gasteiger partial charge in [0.05, 0.1) is 21.6 Å². The molecule has 142 valence electrons. The van der Waals surface area contributed by atoms with E-state index in [4.69, 9.17) is 0 Å². The fourth-order valence-corrected chi connectivity index (χ4v) is 4.42. The van der Waals surface area contributed by atoms with E-state index in [1.54, 1.807) is 6.92 Å². The zero-order valence-electron chi connectivity index (χ0n) is 15.2. The number of aromatic carboxylic acids is 1. The van der Waals surface area contributed by atoms with Gasteiger partial charge in [0.15, 0.2) is 0 Å². The van der Waals surface area contributed by atoms with Gasteiger partial charge in [-0.15, -0.1) is 0 Å². The lowest BCUT2D eigenvalue weighted by atomic mass is 9.93. The van der Waals surface area contributed by atoms with Gasteiger partial charge in [0.1, 0.15) is 0 Å². The number of amides is 1. The predicted octanol–water partition coefficient (Wildman–Crippen LogP) is 2.23. The lowest BCUT2D eigenvalue weighted by Gasteiger charge is -2.24. The molecule has 0 radical (unpaired) electrons. The molecule has 1 heterocycles. The molecule has 2 aliphatic rings. The molecule has 2 fully saturated rings. The molecule has 0 aromatic heterocycles. The molecule has 0 unspecified atom stereocenters. The van der Waals surface area contributed by atoms with Crippen LogP contribution in [0.15, 0.2) is 18.2 Å². The first-order valence-electron chi connectivity index (χ1n) is 8.63. The van der Waals surface area contributed by atoms with Crippen LogP contribution in [0.2, 0.25) is 0 Å². The van der Waals surface area contributed by atoms with Crippen molar-refractivity contribution in [1.29, 1.82) is 0 Å². The zero-order chi connectivity index (χ0) is 19.3. The number of hydrogen-bond acceptors (Lipinski definition) is 5. The number of nitrogens with zero attached hydrogens (tertiary/aromatic N) is 1. The smallest absolute Gasteiger partial charge is 0.335 e. The van der Waals surface area contributed by atoms with Gasteiger partial charge in [-0.1, -0.05) is 13.8 Å². The van der Waals surface area contributed by atoms with Crippen molar-refractivity contribution in [3.8, 4) is 0 Å². The standard InChI is InChI=1S/C18H24N2O5S/c1-17(2)8-9-20(11-17)14-10-12(16(22)23)4-5-13(14)15(21)19-26(24,25)18(3)6-7-18/h4-5,10H,6-9,11H2,1-3H3,(H,19,21)(H,22,23). The third-order valence-corrected chi connectivity index (χ3v) is 7.50. The van der Waals surface area contributed by atoms with Crippen molar-refractivity contribution in [2.75, 3.05) is 18.0 Å². The molecule has 1 aromatic carbocycles. The van der Waals surface area contributed by atoms with Gasteiger partial charge in [-0.2, -0.15) is 0 Å². The van der Waals surface area contributed by atoms with Crippen molar-refractivity contribution >= 4 is 27.6 Å². The number of carboxylic acids is 1. The van der Waals surface area contributed by atoms with Gasteiger partial charge in [0, 0.05) is 13.1 Å². The second kappa shape index (κ2) is 5.97. The summed E-state index contributed by atoms with van der Waals surface area (Å²) in [5.74, 6) is -1.80. The average molecular weight is 380 g/mol. The Kier molecular flexibility index (Phi) is 4.29. The number of sulfonamides is 1. The third-order valence-electron chi connectivity index (χ3n) is 5.34. The number of rotatable bonds is 5. The molecule has 1 saturated heterocycles. The number of nitrogens with one attached hydrogen (secondary N) is 1. The summed E-state index contributed by atoms with van der Waals surface area (Å²) in [6.07, 6.45) is 1.96. The molecule has 26 heavy (non-hydrogen) atoms. The topological polar surface area (TPSA) is 104 Å². The molecule has 1 saturated carbocycles. The van der Waals surface area contributed by atoms with Crippen molar-refractivity contribution in [2.24, 2.45) is 5.41 Å². The summed E-state index contributed by atoms with van der Waals surface area (Å²) in [6, 6.07) is 4.17. The first-order chi connectivity index (χ1) is 11.9. The zero-order valence-corrected chi connectivity index (χ0v) is 16.0. The van der Waals surface area contributed by atoms with Gasteiger partial charge < -0.3 is 10.0 Å².